The summed E-state index contributed by atoms with van der Waals surface area (Å²) in [5, 5.41) is 3.70. The van der Waals surface area contributed by atoms with E-state index in [0.29, 0.717) is 13.0 Å². The first kappa shape index (κ1) is 25.8. The second-order valence-corrected chi connectivity index (χ2v) is 9.80. The number of nitrogens with one attached hydrogen (secondary N) is 1. The van der Waals surface area contributed by atoms with Crippen LogP contribution in [0.4, 0.5) is 18.9 Å². The predicted molar refractivity (Wildman–Crippen MR) is 125 cm³/mol. The molecule has 0 spiro atoms. The minimum Gasteiger partial charge on any atom is -0.491 e. The van der Waals surface area contributed by atoms with Crippen molar-refractivity contribution in [3.63, 3.8) is 0 Å². The maximum atomic E-state index is 13.1. The minimum absolute atomic E-state index is 0.0471. The normalized spacial score (nSPS) is 16.0. The minimum atomic E-state index is -4.56. The Morgan fingerprint density at radius 1 is 1.15 bits per heavy atom. The molecule has 0 radical (unpaired) electrons. The summed E-state index contributed by atoms with van der Waals surface area (Å²) >= 11 is 0. The topological polar surface area (TPSA) is 75.7 Å². The molecule has 0 aliphatic carbocycles. The number of alkyl halides is 3. The van der Waals surface area contributed by atoms with E-state index in [4.69, 9.17) is 4.74 Å². The number of nitrogens with zero attached hydrogens (tertiary/aromatic N) is 1. The van der Waals surface area contributed by atoms with E-state index in [1.54, 1.807) is 24.3 Å². The number of sulfonamides is 1. The Balaban J connectivity index is 1.65. The Kier molecular flexibility index (Phi) is 8.37. The fourth-order valence-corrected chi connectivity index (χ4v) is 4.78. The Bertz CT molecular complexity index is 1110. The average molecular weight is 497 g/mol. The highest BCUT2D eigenvalue weighted by Gasteiger charge is 2.33. The number of piperidine rings is 1. The lowest BCUT2D eigenvalue weighted by Gasteiger charge is -2.29. The van der Waals surface area contributed by atoms with Gasteiger partial charge < -0.3 is 10.1 Å². The van der Waals surface area contributed by atoms with Gasteiger partial charge in [-0.3, -0.25) is 4.79 Å². The molecule has 1 fully saturated rings. The van der Waals surface area contributed by atoms with Crippen molar-refractivity contribution in [2.24, 2.45) is 5.92 Å². The number of amides is 1. The first-order valence-electron chi connectivity index (χ1n) is 11.0. The second-order valence-electron chi connectivity index (χ2n) is 7.98. The first-order valence-corrected chi connectivity index (χ1v) is 12.5. The third-order valence-electron chi connectivity index (χ3n) is 5.44. The molecule has 1 amide bonds. The lowest BCUT2D eigenvalue weighted by Crippen LogP contribution is -2.40. The van der Waals surface area contributed by atoms with Crippen LogP contribution in [-0.2, 0) is 21.0 Å². The molecule has 2 aromatic carbocycles. The van der Waals surface area contributed by atoms with Crippen molar-refractivity contribution in [1.82, 2.24) is 4.31 Å². The van der Waals surface area contributed by atoms with Crippen LogP contribution in [0.15, 0.2) is 53.9 Å². The number of hydrogen-bond acceptors (Lipinski definition) is 4. The molecule has 1 aliphatic rings. The molecule has 1 aliphatic heterocycles. The van der Waals surface area contributed by atoms with Crippen molar-refractivity contribution in [2.45, 2.75) is 32.4 Å². The number of carbonyl (C=O) groups is 1. The summed E-state index contributed by atoms with van der Waals surface area (Å²) in [5.41, 5.74) is -0.186. The van der Waals surface area contributed by atoms with Gasteiger partial charge in [-0.25, -0.2) is 8.42 Å². The molecule has 1 heterocycles. The van der Waals surface area contributed by atoms with Gasteiger partial charge in [0.15, 0.2) is 0 Å². The van der Waals surface area contributed by atoms with Crippen molar-refractivity contribution in [1.29, 1.82) is 0 Å². The zero-order chi connectivity index (χ0) is 24.8. The van der Waals surface area contributed by atoms with Gasteiger partial charge in [-0.05, 0) is 49.1 Å². The molecular formula is C24H27F3N2O4S. The van der Waals surface area contributed by atoms with Crippen molar-refractivity contribution >= 4 is 27.7 Å². The molecule has 184 valence electrons. The van der Waals surface area contributed by atoms with Crippen LogP contribution in [-0.4, -0.2) is 38.3 Å². The molecule has 1 N–H and O–H groups in total. The van der Waals surface area contributed by atoms with Gasteiger partial charge in [0.1, 0.15) is 5.75 Å². The van der Waals surface area contributed by atoms with Crippen LogP contribution in [0.3, 0.4) is 0 Å². The van der Waals surface area contributed by atoms with Gasteiger partial charge in [-0.1, -0.05) is 37.3 Å². The number of carbonyl (C=O) groups excluding carboxylic acids is 1. The van der Waals surface area contributed by atoms with E-state index in [1.165, 1.54) is 16.4 Å². The van der Waals surface area contributed by atoms with E-state index in [1.807, 2.05) is 13.0 Å². The van der Waals surface area contributed by atoms with E-state index < -0.39 is 33.6 Å². The van der Waals surface area contributed by atoms with Crippen molar-refractivity contribution in [2.75, 3.05) is 25.0 Å². The lowest BCUT2D eigenvalue weighted by molar-refractivity contribution is -0.137. The molecule has 6 nitrogen and oxygen atoms in total. The standard InChI is InChI=1S/C24H27F3N2O4S/c1-2-15-33-22-9-8-20(24(25,26)27)17-21(22)28-23(30)19-10-13-29(14-11-19)34(31,32)16-12-18-6-4-3-5-7-18/h3-9,12,16-17,19H,2,10-11,13-15H2,1H3,(H,28,30)/b16-12+. The SMILES string of the molecule is CCCOc1ccc(C(F)(F)F)cc1NC(=O)C1CCN(S(=O)(=O)/C=C/c2ccccc2)CC1. The number of halogens is 3. The van der Waals surface area contributed by atoms with Crippen LogP contribution >= 0.6 is 0 Å². The third-order valence-corrected chi connectivity index (χ3v) is 7.01. The molecule has 34 heavy (non-hydrogen) atoms. The molecule has 0 saturated carbocycles. The quantitative estimate of drug-likeness (QED) is 0.549. The molecule has 0 atom stereocenters. The Morgan fingerprint density at radius 3 is 2.44 bits per heavy atom. The fraction of sp³-hybridized carbons (Fsp3) is 0.375. The molecule has 1 saturated heterocycles. The number of benzene rings is 2. The molecule has 2 aromatic rings. The Hall–Kier alpha value is -2.85. The van der Waals surface area contributed by atoms with E-state index in [2.05, 4.69) is 5.32 Å². The summed E-state index contributed by atoms with van der Waals surface area (Å²) in [6.07, 6.45) is -1.88. The number of ether oxygens (including phenoxy) is 1. The fourth-order valence-electron chi connectivity index (χ4n) is 3.56. The maximum absolute atomic E-state index is 13.1. The summed E-state index contributed by atoms with van der Waals surface area (Å²) in [7, 11) is -3.65. The summed E-state index contributed by atoms with van der Waals surface area (Å²) < 4.78 is 71.5. The average Bonchev–Trinajstić information content (AvgIpc) is 2.82. The van der Waals surface area contributed by atoms with Crippen molar-refractivity contribution < 1.29 is 31.1 Å². The smallest absolute Gasteiger partial charge is 0.416 e. The predicted octanol–water partition coefficient (Wildman–Crippen LogP) is 5.15. The van der Waals surface area contributed by atoms with Crippen LogP contribution in [0, 0.1) is 5.92 Å². The highest BCUT2D eigenvalue weighted by Crippen LogP contribution is 2.35. The van der Waals surface area contributed by atoms with E-state index in [0.717, 1.165) is 23.1 Å². The molecular weight excluding hydrogens is 469 g/mol. The van der Waals surface area contributed by atoms with Gasteiger partial charge in [0.25, 0.3) is 0 Å². The largest absolute Gasteiger partial charge is 0.491 e. The Morgan fingerprint density at radius 2 is 1.82 bits per heavy atom. The highest BCUT2D eigenvalue weighted by atomic mass is 32.2. The molecule has 0 aromatic heterocycles. The van der Waals surface area contributed by atoms with Crippen molar-refractivity contribution in [3.8, 4) is 5.75 Å². The van der Waals surface area contributed by atoms with Crippen molar-refractivity contribution in [3.05, 3.63) is 65.1 Å². The molecule has 10 heteroatoms. The lowest BCUT2D eigenvalue weighted by atomic mass is 9.97. The molecule has 3 rings (SSSR count). The maximum Gasteiger partial charge on any atom is 0.416 e. The van der Waals surface area contributed by atoms with Gasteiger partial charge in [-0.15, -0.1) is 0 Å². The van der Waals surface area contributed by atoms with Crippen LogP contribution in [0.2, 0.25) is 0 Å². The van der Waals surface area contributed by atoms with Crippen LogP contribution < -0.4 is 10.1 Å². The molecule has 0 unspecified atom stereocenters. The summed E-state index contributed by atoms with van der Waals surface area (Å²) in [4.78, 5) is 12.8. The molecule has 0 bridgehead atoms. The van der Waals surface area contributed by atoms with E-state index >= 15 is 0 Å². The van der Waals surface area contributed by atoms with Crippen LogP contribution in [0.1, 0.15) is 37.3 Å². The Labute approximate surface area is 197 Å². The van der Waals surface area contributed by atoms with Gasteiger partial charge in [-0.2, -0.15) is 17.5 Å². The van der Waals surface area contributed by atoms with Gasteiger partial charge in [0.2, 0.25) is 15.9 Å². The van der Waals surface area contributed by atoms with E-state index in [-0.39, 0.29) is 37.4 Å². The number of hydrogen-bond donors (Lipinski definition) is 1. The van der Waals surface area contributed by atoms with Gasteiger partial charge in [0, 0.05) is 24.4 Å². The van der Waals surface area contributed by atoms with Gasteiger partial charge >= 0.3 is 6.18 Å². The zero-order valence-electron chi connectivity index (χ0n) is 18.7. The summed E-state index contributed by atoms with van der Waals surface area (Å²) in [6.45, 7) is 2.43. The zero-order valence-corrected chi connectivity index (χ0v) is 19.5. The second kappa shape index (κ2) is 11.1. The third kappa shape index (κ3) is 6.83. The van der Waals surface area contributed by atoms with Crippen LogP contribution in [0.25, 0.3) is 6.08 Å². The highest BCUT2D eigenvalue weighted by molar-refractivity contribution is 7.92. The van der Waals surface area contributed by atoms with Gasteiger partial charge in [0.05, 0.1) is 17.9 Å². The summed E-state index contributed by atoms with van der Waals surface area (Å²) in [6, 6.07) is 12.0. The van der Waals surface area contributed by atoms with Crippen LogP contribution in [0.5, 0.6) is 5.75 Å². The number of anilines is 1. The number of rotatable bonds is 8. The van der Waals surface area contributed by atoms with E-state index in [9.17, 15) is 26.4 Å². The summed E-state index contributed by atoms with van der Waals surface area (Å²) in [5.74, 6) is -0.829. The first-order chi connectivity index (χ1) is 16.1. The monoisotopic (exact) mass is 496 g/mol.